The highest BCUT2D eigenvalue weighted by molar-refractivity contribution is 5.72. The van der Waals surface area contributed by atoms with Crippen molar-refractivity contribution in [3.63, 3.8) is 0 Å². The van der Waals surface area contributed by atoms with Crippen molar-refractivity contribution in [3.05, 3.63) is 35.6 Å². The Morgan fingerprint density at radius 2 is 2.19 bits per heavy atom. The van der Waals surface area contributed by atoms with Gasteiger partial charge in [-0.2, -0.15) is 0 Å². The smallest absolute Gasteiger partial charge is 0.216 e. The van der Waals surface area contributed by atoms with Crippen LogP contribution in [0.4, 0.5) is 4.39 Å². The third kappa shape index (κ3) is 4.40. The highest BCUT2D eigenvalue weighted by Crippen LogP contribution is 2.12. The monoisotopic (exact) mass is 224 g/mol. The first-order valence-electron chi connectivity index (χ1n) is 5.33. The summed E-state index contributed by atoms with van der Waals surface area (Å²) in [5.41, 5.74) is 0.905. The molecule has 0 fully saturated rings. The highest BCUT2D eigenvalue weighted by atomic mass is 19.1. The molecule has 0 radical (unpaired) electrons. The van der Waals surface area contributed by atoms with Crippen LogP contribution in [0.5, 0.6) is 0 Å². The maximum absolute atomic E-state index is 12.9. The summed E-state index contributed by atoms with van der Waals surface area (Å²) in [6, 6.07) is 6.57. The molecule has 88 valence electrons. The van der Waals surface area contributed by atoms with E-state index in [1.165, 1.54) is 19.1 Å². The Labute approximate surface area is 95.0 Å². The van der Waals surface area contributed by atoms with Gasteiger partial charge in [0.05, 0.1) is 0 Å². The lowest BCUT2D eigenvalue weighted by Crippen LogP contribution is -2.31. The van der Waals surface area contributed by atoms with Crippen LogP contribution in [0.25, 0.3) is 0 Å². The van der Waals surface area contributed by atoms with Crippen LogP contribution < -0.4 is 10.6 Å². The van der Waals surface area contributed by atoms with E-state index in [1.54, 1.807) is 6.07 Å². The summed E-state index contributed by atoms with van der Waals surface area (Å²) in [7, 11) is 0. The Hall–Kier alpha value is -1.42. The van der Waals surface area contributed by atoms with Crippen LogP contribution in [-0.2, 0) is 4.79 Å². The van der Waals surface area contributed by atoms with Gasteiger partial charge >= 0.3 is 0 Å². The lowest BCUT2D eigenvalue weighted by molar-refractivity contribution is -0.118. The molecule has 1 rings (SSSR count). The summed E-state index contributed by atoms with van der Waals surface area (Å²) in [6.07, 6.45) is 0. The van der Waals surface area contributed by atoms with E-state index >= 15 is 0 Å². The molecule has 1 atom stereocenters. The zero-order valence-corrected chi connectivity index (χ0v) is 9.59. The normalized spacial score (nSPS) is 12.2. The summed E-state index contributed by atoms with van der Waals surface area (Å²) in [5, 5.41) is 5.89. The predicted molar refractivity (Wildman–Crippen MR) is 61.5 cm³/mol. The van der Waals surface area contributed by atoms with Crippen molar-refractivity contribution >= 4 is 5.91 Å². The summed E-state index contributed by atoms with van der Waals surface area (Å²) in [4.78, 5) is 10.6. The van der Waals surface area contributed by atoms with Gasteiger partial charge in [-0.25, -0.2) is 4.39 Å². The van der Waals surface area contributed by atoms with Gasteiger partial charge in [-0.15, -0.1) is 0 Å². The molecule has 0 spiro atoms. The fraction of sp³-hybridized carbons (Fsp3) is 0.417. The van der Waals surface area contributed by atoms with E-state index in [9.17, 15) is 9.18 Å². The minimum atomic E-state index is -0.229. The number of benzene rings is 1. The topological polar surface area (TPSA) is 41.1 Å². The Balaban J connectivity index is 2.35. The van der Waals surface area contributed by atoms with Gasteiger partial charge in [0, 0.05) is 26.1 Å². The quantitative estimate of drug-likeness (QED) is 0.746. The molecule has 4 heteroatoms. The second-order valence-corrected chi connectivity index (χ2v) is 3.71. The number of nitrogens with one attached hydrogen (secondary N) is 2. The van der Waals surface area contributed by atoms with E-state index in [4.69, 9.17) is 0 Å². The zero-order valence-electron chi connectivity index (χ0n) is 9.59. The second kappa shape index (κ2) is 6.23. The van der Waals surface area contributed by atoms with Crippen molar-refractivity contribution in [2.24, 2.45) is 0 Å². The first kappa shape index (κ1) is 12.6. The van der Waals surface area contributed by atoms with E-state index in [-0.39, 0.29) is 17.8 Å². The van der Waals surface area contributed by atoms with Gasteiger partial charge in [-0.1, -0.05) is 12.1 Å². The second-order valence-electron chi connectivity index (χ2n) is 3.71. The van der Waals surface area contributed by atoms with Crippen LogP contribution in [0, 0.1) is 5.82 Å². The van der Waals surface area contributed by atoms with Gasteiger partial charge in [0.25, 0.3) is 0 Å². The Morgan fingerprint density at radius 1 is 1.44 bits per heavy atom. The van der Waals surface area contributed by atoms with Crippen molar-refractivity contribution in [2.45, 2.75) is 19.9 Å². The van der Waals surface area contributed by atoms with Crippen LogP contribution in [0.1, 0.15) is 25.5 Å². The molecule has 1 aromatic carbocycles. The minimum Gasteiger partial charge on any atom is -0.355 e. The van der Waals surface area contributed by atoms with Gasteiger partial charge in [0.2, 0.25) is 5.91 Å². The Kier molecular flexibility index (Phi) is 4.92. The Bertz CT molecular complexity index is 355. The lowest BCUT2D eigenvalue weighted by Gasteiger charge is -2.14. The highest BCUT2D eigenvalue weighted by Gasteiger charge is 2.04. The predicted octanol–water partition coefficient (Wildman–Crippen LogP) is 1.61. The molecule has 0 heterocycles. The van der Waals surface area contributed by atoms with Crippen molar-refractivity contribution in [2.75, 3.05) is 13.1 Å². The van der Waals surface area contributed by atoms with Crippen molar-refractivity contribution in [1.82, 2.24) is 10.6 Å². The molecule has 0 saturated heterocycles. The first-order valence-corrected chi connectivity index (χ1v) is 5.33. The van der Waals surface area contributed by atoms with Gasteiger partial charge in [-0.3, -0.25) is 4.79 Å². The van der Waals surface area contributed by atoms with E-state index in [0.717, 1.165) is 5.56 Å². The van der Waals surface area contributed by atoms with Gasteiger partial charge in [0.15, 0.2) is 0 Å². The van der Waals surface area contributed by atoms with Gasteiger partial charge in [-0.05, 0) is 24.6 Å². The summed E-state index contributed by atoms with van der Waals surface area (Å²) >= 11 is 0. The lowest BCUT2D eigenvalue weighted by atomic mass is 10.1. The molecule has 3 nitrogen and oxygen atoms in total. The molecule has 0 bridgehead atoms. The standard InChI is InChI=1S/C12H17FN2O/c1-9(14-6-7-15-10(2)16)11-4-3-5-12(13)8-11/h3-5,8-9,14H,6-7H2,1-2H3,(H,15,16). The fourth-order valence-electron chi connectivity index (χ4n) is 1.42. The maximum Gasteiger partial charge on any atom is 0.216 e. The third-order valence-corrected chi connectivity index (χ3v) is 2.30. The van der Waals surface area contributed by atoms with Crippen LogP contribution in [0.15, 0.2) is 24.3 Å². The number of halogens is 1. The maximum atomic E-state index is 12.9. The molecular formula is C12H17FN2O. The summed E-state index contributed by atoms with van der Waals surface area (Å²) in [6.45, 7) is 4.69. The summed E-state index contributed by atoms with van der Waals surface area (Å²) < 4.78 is 12.9. The van der Waals surface area contributed by atoms with Crippen LogP contribution in [0.2, 0.25) is 0 Å². The molecule has 1 aromatic rings. The SMILES string of the molecule is CC(=O)NCCNC(C)c1cccc(F)c1. The van der Waals surface area contributed by atoms with E-state index in [0.29, 0.717) is 13.1 Å². The van der Waals surface area contributed by atoms with E-state index in [1.807, 2.05) is 13.0 Å². The van der Waals surface area contributed by atoms with Crippen LogP contribution in [-0.4, -0.2) is 19.0 Å². The Morgan fingerprint density at radius 3 is 2.81 bits per heavy atom. The first-order chi connectivity index (χ1) is 7.59. The number of hydrogen-bond acceptors (Lipinski definition) is 2. The fourth-order valence-corrected chi connectivity index (χ4v) is 1.42. The average molecular weight is 224 g/mol. The molecule has 0 aliphatic carbocycles. The zero-order chi connectivity index (χ0) is 12.0. The molecular weight excluding hydrogens is 207 g/mol. The molecule has 0 aliphatic heterocycles. The van der Waals surface area contributed by atoms with E-state index in [2.05, 4.69) is 10.6 Å². The molecule has 2 N–H and O–H groups in total. The van der Waals surface area contributed by atoms with Crippen LogP contribution >= 0.6 is 0 Å². The van der Waals surface area contributed by atoms with Crippen molar-refractivity contribution in [1.29, 1.82) is 0 Å². The molecule has 1 amide bonds. The molecule has 16 heavy (non-hydrogen) atoms. The third-order valence-electron chi connectivity index (χ3n) is 2.30. The number of hydrogen-bond donors (Lipinski definition) is 2. The van der Waals surface area contributed by atoms with Crippen molar-refractivity contribution in [3.8, 4) is 0 Å². The van der Waals surface area contributed by atoms with Crippen LogP contribution in [0.3, 0.4) is 0 Å². The number of carbonyl (C=O) groups is 1. The van der Waals surface area contributed by atoms with Gasteiger partial charge < -0.3 is 10.6 Å². The summed E-state index contributed by atoms with van der Waals surface area (Å²) in [5.74, 6) is -0.270. The molecule has 0 saturated carbocycles. The minimum absolute atomic E-state index is 0.0415. The molecule has 0 aromatic heterocycles. The largest absolute Gasteiger partial charge is 0.355 e. The van der Waals surface area contributed by atoms with E-state index < -0.39 is 0 Å². The number of amides is 1. The van der Waals surface area contributed by atoms with Crippen molar-refractivity contribution < 1.29 is 9.18 Å². The molecule has 1 unspecified atom stereocenters. The van der Waals surface area contributed by atoms with Gasteiger partial charge in [0.1, 0.15) is 5.82 Å². The molecule has 0 aliphatic rings. The average Bonchev–Trinajstić information content (AvgIpc) is 2.24. The number of rotatable bonds is 5. The number of carbonyl (C=O) groups excluding carboxylic acids is 1.